The number of benzene rings is 1. The number of hydrogen-bond donors (Lipinski definition) is 2. The van der Waals surface area contributed by atoms with E-state index in [4.69, 9.17) is 11.2 Å². The highest BCUT2D eigenvalue weighted by atomic mass is 16.5. The van der Waals surface area contributed by atoms with Crippen LogP contribution in [0.4, 0.5) is 0 Å². The Kier molecular flexibility index (Phi) is 3.02. The van der Waals surface area contributed by atoms with Gasteiger partial charge in [0.1, 0.15) is 18.1 Å². The highest BCUT2D eigenvalue weighted by Gasteiger charge is 2.25. The zero-order valence-electron chi connectivity index (χ0n) is 9.23. The Hall–Kier alpha value is -1.66. The topological polar surface area (TPSA) is 41.5 Å². The lowest BCUT2D eigenvalue weighted by Gasteiger charge is -2.16. The van der Waals surface area contributed by atoms with Crippen molar-refractivity contribution in [2.24, 2.45) is 0 Å². The predicted octanol–water partition coefficient (Wildman–Crippen LogP) is 1.83. The Labute approximate surface area is 95.4 Å². The molecule has 0 spiro atoms. The summed E-state index contributed by atoms with van der Waals surface area (Å²) in [6, 6.07) is 5.36. The van der Waals surface area contributed by atoms with Crippen molar-refractivity contribution in [3.05, 3.63) is 23.8 Å². The van der Waals surface area contributed by atoms with Crippen LogP contribution >= 0.6 is 0 Å². The zero-order chi connectivity index (χ0) is 11.5. The van der Waals surface area contributed by atoms with Gasteiger partial charge in [0.25, 0.3) is 0 Å². The smallest absolute Gasteiger partial charge is 0.127 e. The second-order valence-electron chi connectivity index (χ2n) is 3.88. The molecule has 1 aromatic rings. The molecular weight excluding hydrogens is 202 g/mol. The molecule has 1 aliphatic rings. The first kappa shape index (κ1) is 10.8. The lowest BCUT2D eigenvalue weighted by molar-refractivity contribution is 0.304. The average molecular weight is 217 g/mol. The first-order valence-corrected chi connectivity index (χ1v) is 5.42. The molecular formula is C13H15NO2. The molecule has 1 heterocycles. The van der Waals surface area contributed by atoms with Crippen LogP contribution in [-0.4, -0.2) is 17.8 Å². The van der Waals surface area contributed by atoms with Gasteiger partial charge in [-0.1, -0.05) is 12.8 Å². The summed E-state index contributed by atoms with van der Waals surface area (Å²) in [4.78, 5) is 0. The molecule has 0 bridgehead atoms. The van der Waals surface area contributed by atoms with E-state index in [2.05, 4.69) is 11.2 Å². The van der Waals surface area contributed by atoms with Gasteiger partial charge in [-0.3, -0.25) is 5.32 Å². The SMILES string of the molecule is C#CC(CC)NC1COc2cc(O)ccc21. The third kappa shape index (κ3) is 1.98. The molecule has 1 aromatic carbocycles. The number of aromatic hydroxyl groups is 1. The Morgan fingerprint density at radius 1 is 1.69 bits per heavy atom. The minimum absolute atomic E-state index is 0.0633. The molecule has 0 saturated heterocycles. The summed E-state index contributed by atoms with van der Waals surface area (Å²) < 4.78 is 5.49. The van der Waals surface area contributed by atoms with Crippen LogP contribution in [0.25, 0.3) is 0 Å². The molecule has 0 amide bonds. The summed E-state index contributed by atoms with van der Waals surface area (Å²) in [5.74, 6) is 3.67. The van der Waals surface area contributed by atoms with Crippen molar-refractivity contribution in [2.45, 2.75) is 25.4 Å². The van der Waals surface area contributed by atoms with E-state index in [0.29, 0.717) is 6.61 Å². The Balaban J connectivity index is 2.15. The lowest BCUT2D eigenvalue weighted by Crippen LogP contribution is -2.32. The van der Waals surface area contributed by atoms with Gasteiger partial charge in [0, 0.05) is 11.6 Å². The molecule has 2 N–H and O–H groups in total. The average Bonchev–Trinajstić information content (AvgIpc) is 2.68. The third-order valence-corrected chi connectivity index (χ3v) is 2.79. The van der Waals surface area contributed by atoms with Crippen LogP contribution in [0.1, 0.15) is 24.9 Å². The molecule has 2 unspecified atom stereocenters. The molecule has 16 heavy (non-hydrogen) atoms. The number of phenols is 1. The van der Waals surface area contributed by atoms with E-state index in [-0.39, 0.29) is 17.8 Å². The zero-order valence-corrected chi connectivity index (χ0v) is 9.23. The number of rotatable bonds is 3. The van der Waals surface area contributed by atoms with E-state index < -0.39 is 0 Å². The number of hydrogen-bond acceptors (Lipinski definition) is 3. The predicted molar refractivity (Wildman–Crippen MR) is 62.4 cm³/mol. The summed E-state index contributed by atoms with van der Waals surface area (Å²) in [5, 5.41) is 12.7. The van der Waals surface area contributed by atoms with Crippen LogP contribution in [0.2, 0.25) is 0 Å². The molecule has 2 rings (SSSR count). The van der Waals surface area contributed by atoms with Gasteiger partial charge in [-0.25, -0.2) is 0 Å². The lowest BCUT2D eigenvalue weighted by atomic mass is 10.1. The number of ether oxygens (including phenoxy) is 1. The van der Waals surface area contributed by atoms with Gasteiger partial charge in [-0.05, 0) is 18.6 Å². The summed E-state index contributed by atoms with van der Waals surface area (Å²) in [5.41, 5.74) is 1.06. The third-order valence-electron chi connectivity index (χ3n) is 2.79. The van der Waals surface area contributed by atoms with Crippen LogP contribution in [0, 0.1) is 12.3 Å². The number of fused-ring (bicyclic) bond motifs is 1. The van der Waals surface area contributed by atoms with E-state index in [0.717, 1.165) is 17.7 Å². The summed E-state index contributed by atoms with van der Waals surface area (Å²) in [7, 11) is 0. The number of terminal acetylenes is 1. The molecule has 0 saturated carbocycles. The van der Waals surface area contributed by atoms with E-state index >= 15 is 0 Å². The molecule has 3 heteroatoms. The van der Waals surface area contributed by atoms with Crippen molar-refractivity contribution in [1.82, 2.24) is 5.32 Å². The first-order valence-electron chi connectivity index (χ1n) is 5.42. The van der Waals surface area contributed by atoms with Crippen molar-refractivity contribution in [2.75, 3.05) is 6.61 Å². The number of phenolic OH excluding ortho intramolecular Hbond substituents is 1. The van der Waals surface area contributed by atoms with Crippen molar-refractivity contribution in [3.63, 3.8) is 0 Å². The maximum absolute atomic E-state index is 9.32. The minimum Gasteiger partial charge on any atom is -0.508 e. The van der Waals surface area contributed by atoms with Crippen molar-refractivity contribution >= 4 is 0 Å². The van der Waals surface area contributed by atoms with Crippen LogP contribution in [0.3, 0.4) is 0 Å². The molecule has 2 atom stereocenters. The molecule has 3 nitrogen and oxygen atoms in total. The summed E-state index contributed by atoms with van der Waals surface area (Å²) in [6.07, 6.45) is 6.30. The van der Waals surface area contributed by atoms with Crippen LogP contribution < -0.4 is 10.1 Å². The molecule has 0 aromatic heterocycles. The van der Waals surface area contributed by atoms with Crippen molar-refractivity contribution < 1.29 is 9.84 Å². The van der Waals surface area contributed by atoms with Gasteiger partial charge in [0.05, 0.1) is 12.1 Å². The van der Waals surface area contributed by atoms with Gasteiger partial charge in [0.2, 0.25) is 0 Å². The van der Waals surface area contributed by atoms with Crippen molar-refractivity contribution in [1.29, 1.82) is 0 Å². The fourth-order valence-electron chi connectivity index (χ4n) is 1.86. The van der Waals surface area contributed by atoms with Crippen LogP contribution in [0.5, 0.6) is 11.5 Å². The van der Waals surface area contributed by atoms with Gasteiger partial charge in [-0.15, -0.1) is 6.42 Å². The summed E-state index contributed by atoms with van der Waals surface area (Å²) >= 11 is 0. The Bertz CT molecular complexity index is 422. The largest absolute Gasteiger partial charge is 0.508 e. The van der Waals surface area contributed by atoms with E-state index in [1.54, 1.807) is 12.1 Å². The van der Waals surface area contributed by atoms with Crippen molar-refractivity contribution in [3.8, 4) is 23.8 Å². The minimum atomic E-state index is 0.0633. The standard InChI is InChI=1S/C13H15NO2/c1-3-9(4-2)14-12-8-16-13-7-10(15)5-6-11(12)13/h1,5-7,9,12,14-15H,4,8H2,2H3. The van der Waals surface area contributed by atoms with E-state index in [1.165, 1.54) is 0 Å². The summed E-state index contributed by atoms with van der Waals surface area (Å²) in [6.45, 7) is 2.61. The molecule has 0 radical (unpaired) electrons. The first-order chi connectivity index (χ1) is 7.74. The molecule has 1 aliphatic heterocycles. The fraction of sp³-hybridized carbons (Fsp3) is 0.385. The maximum Gasteiger partial charge on any atom is 0.127 e. The van der Waals surface area contributed by atoms with Crippen LogP contribution in [0.15, 0.2) is 18.2 Å². The maximum atomic E-state index is 9.32. The Morgan fingerprint density at radius 3 is 3.19 bits per heavy atom. The molecule has 0 aliphatic carbocycles. The van der Waals surface area contributed by atoms with Gasteiger partial charge in [-0.2, -0.15) is 0 Å². The quantitative estimate of drug-likeness (QED) is 0.759. The van der Waals surface area contributed by atoms with E-state index in [1.807, 2.05) is 13.0 Å². The highest BCUT2D eigenvalue weighted by molar-refractivity contribution is 5.44. The normalized spacial score (nSPS) is 19.6. The fourth-order valence-corrected chi connectivity index (χ4v) is 1.86. The second-order valence-corrected chi connectivity index (χ2v) is 3.88. The van der Waals surface area contributed by atoms with Crippen LogP contribution in [-0.2, 0) is 0 Å². The van der Waals surface area contributed by atoms with Gasteiger partial charge >= 0.3 is 0 Å². The second kappa shape index (κ2) is 4.46. The highest BCUT2D eigenvalue weighted by Crippen LogP contribution is 2.35. The van der Waals surface area contributed by atoms with E-state index in [9.17, 15) is 5.11 Å². The molecule has 84 valence electrons. The van der Waals surface area contributed by atoms with Gasteiger partial charge < -0.3 is 9.84 Å². The monoisotopic (exact) mass is 217 g/mol. The van der Waals surface area contributed by atoms with Gasteiger partial charge in [0.15, 0.2) is 0 Å². The Morgan fingerprint density at radius 2 is 2.50 bits per heavy atom. The number of nitrogens with one attached hydrogen (secondary N) is 1. The molecule has 0 fully saturated rings.